The first-order chi connectivity index (χ1) is 12.7. The van der Waals surface area contributed by atoms with Crippen LogP contribution in [0.5, 0.6) is 0 Å². The number of amides is 1. The minimum atomic E-state index is -0.524. The van der Waals surface area contributed by atoms with Crippen molar-refractivity contribution in [3.8, 4) is 0 Å². The molecular formula is C18H23N5O4. The second kappa shape index (κ2) is 7.34. The maximum Gasteiger partial charge on any atom is 0.410 e. The van der Waals surface area contributed by atoms with Crippen molar-refractivity contribution in [2.24, 2.45) is 0 Å². The number of piperidine rings is 1. The van der Waals surface area contributed by atoms with Crippen LogP contribution in [0.25, 0.3) is 11.0 Å². The third-order valence-corrected chi connectivity index (χ3v) is 4.16. The highest BCUT2D eigenvalue weighted by Gasteiger charge is 2.27. The van der Waals surface area contributed by atoms with Crippen LogP contribution in [0.3, 0.4) is 0 Å². The lowest BCUT2D eigenvalue weighted by molar-refractivity contribution is -0.384. The van der Waals surface area contributed by atoms with Gasteiger partial charge in [0.1, 0.15) is 11.4 Å². The average Bonchev–Trinajstić information content (AvgIpc) is 2.60. The van der Waals surface area contributed by atoms with Crippen LogP contribution in [0.15, 0.2) is 24.4 Å². The quantitative estimate of drug-likeness (QED) is 0.649. The second-order valence-electron chi connectivity index (χ2n) is 7.60. The Morgan fingerprint density at radius 1 is 1.37 bits per heavy atom. The molecule has 2 heterocycles. The van der Waals surface area contributed by atoms with E-state index in [0.717, 1.165) is 12.8 Å². The molecule has 3 rings (SSSR count). The predicted molar refractivity (Wildman–Crippen MR) is 101 cm³/mol. The molecule has 1 saturated heterocycles. The van der Waals surface area contributed by atoms with Crippen molar-refractivity contribution < 1.29 is 14.5 Å². The van der Waals surface area contributed by atoms with Gasteiger partial charge in [-0.3, -0.25) is 15.1 Å². The fraction of sp³-hybridized carbons (Fsp3) is 0.500. The van der Waals surface area contributed by atoms with Crippen LogP contribution < -0.4 is 5.32 Å². The van der Waals surface area contributed by atoms with Gasteiger partial charge < -0.3 is 15.0 Å². The Hall–Kier alpha value is -2.97. The van der Waals surface area contributed by atoms with E-state index in [-0.39, 0.29) is 17.8 Å². The van der Waals surface area contributed by atoms with Gasteiger partial charge in [-0.15, -0.1) is 0 Å². The number of anilines is 1. The molecule has 0 radical (unpaired) electrons. The Kier molecular flexibility index (Phi) is 5.11. The van der Waals surface area contributed by atoms with E-state index in [0.29, 0.717) is 29.9 Å². The van der Waals surface area contributed by atoms with Gasteiger partial charge in [-0.05, 0) is 39.7 Å². The van der Waals surface area contributed by atoms with Crippen LogP contribution in [0.2, 0.25) is 0 Å². The largest absolute Gasteiger partial charge is 0.444 e. The fourth-order valence-electron chi connectivity index (χ4n) is 2.98. The van der Waals surface area contributed by atoms with Gasteiger partial charge >= 0.3 is 6.09 Å². The van der Waals surface area contributed by atoms with Gasteiger partial charge in [-0.2, -0.15) is 0 Å². The number of nitro benzene ring substituents is 1. The number of benzene rings is 1. The fourth-order valence-corrected chi connectivity index (χ4v) is 2.98. The van der Waals surface area contributed by atoms with Crippen molar-refractivity contribution in [3.05, 3.63) is 34.5 Å². The molecule has 2 aromatic rings. The van der Waals surface area contributed by atoms with E-state index in [4.69, 9.17) is 4.74 Å². The average molecular weight is 373 g/mol. The minimum absolute atomic E-state index is 0.0159. The van der Waals surface area contributed by atoms with Gasteiger partial charge in [-0.1, -0.05) is 0 Å². The number of hydrogen-bond donors (Lipinski definition) is 1. The van der Waals surface area contributed by atoms with Crippen molar-refractivity contribution in [1.29, 1.82) is 0 Å². The van der Waals surface area contributed by atoms with Gasteiger partial charge in [0.15, 0.2) is 0 Å². The minimum Gasteiger partial charge on any atom is -0.444 e. The van der Waals surface area contributed by atoms with E-state index in [1.165, 1.54) is 12.1 Å². The molecule has 1 atom stereocenters. The van der Waals surface area contributed by atoms with Crippen LogP contribution in [0.4, 0.5) is 16.3 Å². The van der Waals surface area contributed by atoms with Gasteiger partial charge in [0.25, 0.3) is 5.69 Å². The van der Waals surface area contributed by atoms with Gasteiger partial charge in [-0.25, -0.2) is 9.78 Å². The summed E-state index contributed by atoms with van der Waals surface area (Å²) in [6.07, 6.45) is 3.01. The molecule has 0 spiro atoms. The Morgan fingerprint density at radius 2 is 2.15 bits per heavy atom. The van der Waals surface area contributed by atoms with Crippen LogP contribution >= 0.6 is 0 Å². The summed E-state index contributed by atoms with van der Waals surface area (Å²) in [5.41, 5.74) is 0.501. The maximum atomic E-state index is 12.3. The van der Waals surface area contributed by atoms with Crippen LogP contribution in [0.1, 0.15) is 33.6 Å². The van der Waals surface area contributed by atoms with E-state index < -0.39 is 10.5 Å². The molecule has 1 unspecified atom stereocenters. The number of nitrogens with zero attached hydrogens (tertiary/aromatic N) is 4. The van der Waals surface area contributed by atoms with Gasteiger partial charge in [0.2, 0.25) is 0 Å². The molecule has 9 nitrogen and oxygen atoms in total. The standard InChI is InChI=1S/C18H23N5O4/c1-18(2,3)27-17(24)22-8-4-5-12(11-22)20-16-10-19-15-9-13(23(25)26)6-7-14(15)21-16/h6-7,9-10,12H,4-5,8,11H2,1-3H3,(H,20,21). The van der Waals surface area contributed by atoms with Crippen LogP contribution in [0, 0.1) is 10.1 Å². The van der Waals surface area contributed by atoms with Crippen molar-refractivity contribution >= 4 is 28.6 Å². The maximum absolute atomic E-state index is 12.3. The third-order valence-electron chi connectivity index (χ3n) is 4.16. The number of carbonyl (C=O) groups is 1. The molecule has 9 heteroatoms. The summed E-state index contributed by atoms with van der Waals surface area (Å²) in [7, 11) is 0. The number of likely N-dealkylation sites (tertiary alicyclic amines) is 1. The smallest absolute Gasteiger partial charge is 0.410 e. The summed E-state index contributed by atoms with van der Waals surface area (Å²) in [4.78, 5) is 33.1. The highest BCUT2D eigenvalue weighted by molar-refractivity contribution is 5.78. The lowest BCUT2D eigenvalue weighted by Crippen LogP contribution is -2.47. The Balaban J connectivity index is 1.68. The van der Waals surface area contributed by atoms with E-state index in [1.807, 2.05) is 20.8 Å². The number of ether oxygens (including phenoxy) is 1. The van der Waals surface area contributed by atoms with Crippen molar-refractivity contribution in [3.63, 3.8) is 0 Å². The molecule has 1 amide bonds. The molecule has 1 aromatic carbocycles. The summed E-state index contributed by atoms with van der Waals surface area (Å²) in [6.45, 7) is 6.73. The highest BCUT2D eigenvalue weighted by atomic mass is 16.6. The molecule has 1 N–H and O–H groups in total. The molecule has 0 saturated carbocycles. The first-order valence-corrected chi connectivity index (χ1v) is 8.87. The Morgan fingerprint density at radius 3 is 2.85 bits per heavy atom. The number of aromatic nitrogens is 2. The lowest BCUT2D eigenvalue weighted by Gasteiger charge is -2.34. The number of nitro groups is 1. The monoisotopic (exact) mass is 373 g/mol. The van der Waals surface area contributed by atoms with Gasteiger partial charge in [0.05, 0.1) is 22.2 Å². The number of rotatable bonds is 3. The lowest BCUT2D eigenvalue weighted by atomic mass is 10.1. The van der Waals surface area contributed by atoms with Crippen molar-refractivity contribution in [2.75, 3.05) is 18.4 Å². The Labute approximate surface area is 156 Å². The second-order valence-corrected chi connectivity index (χ2v) is 7.60. The number of non-ortho nitro benzene ring substituents is 1. The topological polar surface area (TPSA) is 110 Å². The molecule has 1 fully saturated rings. The van der Waals surface area contributed by atoms with Crippen LogP contribution in [-0.2, 0) is 4.74 Å². The summed E-state index contributed by atoms with van der Waals surface area (Å²) in [5, 5.41) is 14.2. The molecule has 144 valence electrons. The zero-order valence-electron chi connectivity index (χ0n) is 15.6. The molecule has 27 heavy (non-hydrogen) atoms. The molecular weight excluding hydrogens is 350 g/mol. The molecule has 1 aromatic heterocycles. The van der Waals surface area contributed by atoms with E-state index in [9.17, 15) is 14.9 Å². The van der Waals surface area contributed by atoms with Gasteiger partial charge in [0, 0.05) is 31.3 Å². The number of fused-ring (bicyclic) bond motifs is 1. The summed E-state index contributed by atoms with van der Waals surface area (Å²) in [6, 6.07) is 4.43. The van der Waals surface area contributed by atoms with Crippen molar-refractivity contribution in [1.82, 2.24) is 14.9 Å². The SMILES string of the molecule is CC(C)(C)OC(=O)N1CCCC(Nc2cnc3cc([N+](=O)[O-])ccc3n2)C1. The predicted octanol–water partition coefficient (Wildman–Crippen LogP) is 3.35. The zero-order valence-corrected chi connectivity index (χ0v) is 15.6. The summed E-state index contributed by atoms with van der Waals surface area (Å²) in [5.74, 6) is 0.576. The van der Waals surface area contributed by atoms with E-state index in [1.54, 1.807) is 17.2 Å². The van der Waals surface area contributed by atoms with E-state index >= 15 is 0 Å². The third kappa shape index (κ3) is 4.81. The first kappa shape index (κ1) is 18.8. The van der Waals surface area contributed by atoms with Crippen molar-refractivity contribution in [2.45, 2.75) is 45.3 Å². The number of hydrogen-bond acceptors (Lipinski definition) is 7. The highest BCUT2D eigenvalue weighted by Crippen LogP contribution is 2.21. The normalized spacial score (nSPS) is 17.6. The number of carbonyl (C=O) groups excluding carboxylic acids is 1. The molecule has 1 aliphatic rings. The molecule has 1 aliphatic heterocycles. The van der Waals surface area contributed by atoms with Crippen LogP contribution in [-0.4, -0.2) is 50.6 Å². The Bertz CT molecular complexity index is 864. The number of nitrogens with one attached hydrogen (secondary N) is 1. The van der Waals surface area contributed by atoms with E-state index in [2.05, 4.69) is 15.3 Å². The summed E-state index contributed by atoms with van der Waals surface area (Å²) >= 11 is 0. The summed E-state index contributed by atoms with van der Waals surface area (Å²) < 4.78 is 5.44. The molecule has 0 aliphatic carbocycles. The molecule has 0 bridgehead atoms. The first-order valence-electron chi connectivity index (χ1n) is 8.87. The zero-order chi connectivity index (χ0) is 19.6.